The minimum absolute atomic E-state index is 0.863. The van der Waals surface area contributed by atoms with Gasteiger partial charge in [0.2, 0.25) is 5.69 Å². The van der Waals surface area contributed by atoms with Crippen LogP contribution < -0.4 is 14.5 Å². The number of methoxy groups -OCH3 is 2. The van der Waals surface area contributed by atoms with Gasteiger partial charge in [0.15, 0.2) is 6.21 Å². The molecule has 3 aromatic rings. The summed E-state index contributed by atoms with van der Waals surface area (Å²) in [6, 6.07) is 12.0. The average Bonchev–Trinajstić information content (AvgIpc) is 3.19. The zero-order valence-electron chi connectivity index (χ0n) is 13.0. The number of benzene rings is 2. The molecule has 0 unspecified atom stereocenters. The van der Waals surface area contributed by atoms with Crippen LogP contribution in [0.25, 0.3) is 22.6 Å². The second-order valence-corrected chi connectivity index (χ2v) is 5.40. The Morgan fingerprint density at radius 2 is 1.78 bits per heavy atom. The Morgan fingerprint density at radius 3 is 2.61 bits per heavy atom. The topological polar surface area (TPSA) is 48.2 Å². The van der Waals surface area contributed by atoms with Crippen molar-refractivity contribution in [1.29, 1.82) is 0 Å². The van der Waals surface area contributed by atoms with Gasteiger partial charge in [-0.05, 0) is 24.3 Å². The summed E-state index contributed by atoms with van der Waals surface area (Å²) in [5.41, 5.74) is 5.37. The maximum atomic E-state index is 5.51. The monoisotopic (exact) mass is 305 g/mol. The predicted molar refractivity (Wildman–Crippen MR) is 92.4 cm³/mol. The summed E-state index contributed by atoms with van der Waals surface area (Å²) in [6.07, 6.45) is 6.14. The fourth-order valence-corrected chi connectivity index (χ4v) is 3.09. The molecular formula is C19H17N2O2+. The van der Waals surface area contributed by atoms with Gasteiger partial charge < -0.3 is 14.5 Å². The third-order valence-electron chi connectivity index (χ3n) is 4.15. The van der Waals surface area contributed by atoms with E-state index in [4.69, 9.17) is 9.47 Å². The van der Waals surface area contributed by atoms with Crippen molar-refractivity contribution < 1.29 is 14.5 Å². The molecule has 4 nitrogen and oxygen atoms in total. The molecule has 1 aliphatic heterocycles. The van der Waals surface area contributed by atoms with Gasteiger partial charge in [0.25, 0.3) is 0 Å². The summed E-state index contributed by atoms with van der Waals surface area (Å²) in [5.74, 6) is 1.73. The number of nitrogens with one attached hydrogen (secondary N) is 2. The van der Waals surface area contributed by atoms with Gasteiger partial charge in [-0.15, -0.1) is 0 Å². The molecule has 4 rings (SSSR count). The van der Waals surface area contributed by atoms with Gasteiger partial charge in [-0.3, -0.25) is 0 Å². The Kier molecular flexibility index (Phi) is 3.15. The highest BCUT2D eigenvalue weighted by Gasteiger charge is 2.23. The third kappa shape index (κ3) is 2.11. The highest BCUT2D eigenvalue weighted by molar-refractivity contribution is 6.19. The minimum atomic E-state index is 0.863. The van der Waals surface area contributed by atoms with Crippen molar-refractivity contribution in [1.82, 2.24) is 4.98 Å². The van der Waals surface area contributed by atoms with E-state index in [-0.39, 0.29) is 0 Å². The molecule has 0 saturated heterocycles. The van der Waals surface area contributed by atoms with E-state index in [9.17, 15) is 0 Å². The van der Waals surface area contributed by atoms with Gasteiger partial charge in [-0.1, -0.05) is 12.1 Å². The van der Waals surface area contributed by atoms with Gasteiger partial charge >= 0.3 is 0 Å². The fraction of sp³-hybridized carbons (Fsp3) is 0.105. The van der Waals surface area contributed by atoms with Crippen molar-refractivity contribution in [2.24, 2.45) is 0 Å². The van der Waals surface area contributed by atoms with Crippen LogP contribution in [-0.2, 0) is 0 Å². The molecule has 2 aromatic carbocycles. The van der Waals surface area contributed by atoms with E-state index >= 15 is 0 Å². The van der Waals surface area contributed by atoms with E-state index in [0.29, 0.717) is 0 Å². The van der Waals surface area contributed by atoms with E-state index in [0.717, 1.165) is 44.8 Å². The molecule has 0 bridgehead atoms. The first-order chi connectivity index (χ1) is 11.3. The summed E-state index contributed by atoms with van der Waals surface area (Å²) in [4.78, 5) is 6.60. The van der Waals surface area contributed by atoms with Crippen LogP contribution >= 0.6 is 0 Å². The van der Waals surface area contributed by atoms with Crippen molar-refractivity contribution in [3.63, 3.8) is 0 Å². The maximum Gasteiger partial charge on any atom is 0.215 e. The van der Waals surface area contributed by atoms with E-state index in [1.165, 1.54) is 0 Å². The van der Waals surface area contributed by atoms with Gasteiger partial charge in [0.05, 0.1) is 19.8 Å². The van der Waals surface area contributed by atoms with Gasteiger partial charge in [0, 0.05) is 28.7 Å². The second-order valence-electron chi connectivity index (χ2n) is 5.40. The SMILES string of the molecule is COc1cccc2c1/C(=C/c1c[nH]c3cccc(OC)c13)C=[NH+]2. The van der Waals surface area contributed by atoms with Crippen LogP contribution in [0.5, 0.6) is 11.5 Å². The minimum Gasteiger partial charge on any atom is -0.496 e. The molecule has 0 atom stereocenters. The summed E-state index contributed by atoms with van der Waals surface area (Å²) in [5, 5.41) is 1.08. The Hall–Kier alpha value is -3.01. The summed E-state index contributed by atoms with van der Waals surface area (Å²) < 4.78 is 11.0. The molecule has 2 N–H and O–H groups in total. The number of hydrogen-bond donors (Lipinski definition) is 2. The van der Waals surface area contributed by atoms with Crippen molar-refractivity contribution in [2.75, 3.05) is 14.2 Å². The number of ether oxygens (including phenoxy) is 2. The van der Waals surface area contributed by atoms with Crippen molar-refractivity contribution in [3.8, 4) is 11.5 Å². The van der Waals surface area contributed by atoms with Crippen LogP contribution in [0.2, 0.25) is 0 Å². The molecule has 0 saturated carbocycles. The zero-order valence-corrected chi connectivity index (χ0v) is 13.0. The lowest BCUT2D eigenvalue weighted by molar-refractivity contribution is -0.342. The number of aromatic nitrogens is 1. The largest absolute Gasteiger partial charge is 0.496 e. The number of fused-ring (bicyclic) bond motifs is 2. The van der Waals surface area contributed by atoms with Crippen LogP contribution in [-0.4, -0.2) is 25.4 Å². The lowest BCUT2D eigenvalue weighted by Gasteiger charge is -2.05. The predicted octanol–water partition coefficient (Wildman–Crippen LogP) is 2.52. The lowest BCUT2D eigenvalue weighted by Crippen LogP contribution is -2.58. The van der Waals surface area contributed by atoms with Crippen LogP contribution in [0.1, 0.15) is 11.1 Å². The van der Waals surface area contributed by atoms with Crippen molar-refractivity contribution >= 4 is 34.5 Å². The first kappa shape index (κ1) is 13.6. The van der Waals surface area contributed by atoms with Gasteiger partial charge in [0.1, 0.15) is 17.1 Å². The lowest BCUT2D eigenvalue weighted by atomic mass is 10.0. The van der Waals surface area contributed by atoms with Crippen LogP contribution in [0, 0.1) is 0 Å². The Balaban J connectivity index is 1.90. The number of H-pyrrole nitrogens is 1. The van der Waals surface area contributed by atoms with Crippen LogP contribution in [0.4, 0.5) is 5.69 Å². The molecular weight excluding hydrogens is 288 g/mol. The Labute approximate surface area is 134 Å². The zero-order chi connectivity index (χ0) is 15.8. The van der Waals surface area contributed by atoms with Crippen molar-refractivity contribution in [2.45, 2.75) is 0 Å². The Morgan fingerprint density at radius 1 is 1.00 bits per heavy atom. The summed E-state index contributed by atoms with van der Waals surface area (Å²) in [7, 11) is 3.39. The standard InChI is InChI=1S/C19H16N2O2/c1-22-16-7-3-5-14-18(16)12(10-20-14)9-13-11-21-15-6-4-8-17(23-2)19(13)15/h3-11,20H,1-2H3/p+1/b13-9+. The number of aromatic amines is 1. The summed E-state index contributed by atoms with van der Waals surface area (Å²) >= 11 is 0. The molecule has 4 heteroatoms. The fourth-order valence-electron chi connectivity index (χ4n) is 3.09. The molecule has 114 valence electrons. The molecule has 1 aromatic heterocycles. The van der Waals surface area contributed by atoms with E-state index in [1.807, 2.05) is 48.8 Å². The van der Waals surface area contributed by atoms with E-state index < -0.39 is 0 Å². The van der Waals surface area contributed by atoms with Gasteiger partial charge in [-0.25, -0.2) is 4.99 Å². The Bertz CT molecular complexity index is 951. The molecule has 0 fully saturated rings. The molecule has 0 aliphatic carbocycles. The molecule has 23 heavy (non-hydrogen) atoms. The summed E-state index contributed by atoms with van der Waals surface area (Å²) in [6.45, 7) is 0. The highest BCUT2D eigenvalue weighted by atomic mass is 16.5. The smallest absolute Gasteiger partial charge is 0.215 e. The van der Waals surface area contributed by atoms with Crippen LogP contribution in [0.15, 0.2) is 42.6 Å². The number of rotatable bonds is 3. The quantitative estimate of drug-likeness (QED) is 0.781. The highest BCUT2D eigenvalue weighted by Crippen LogP contribution is 2.35. The van der Waals surface area contributed by atoms with Crippen LogP contribution in [0.3, 0.4) is 0 Å². The maximum absolute atomic E-state index is 5.51. The van der Waals surface area contributed by atoms with Crippen molar-refractivity contribution in [3.05, 3.63) is 53.7 Å². The third-order valence-corrected chi connectivity index (χ3v) is 4.15. The van der Waals surface area contributed by atoms with E-state index in [1.54, 1.807) is 14.2 Å². The second kappa shape index (κ2) is 5.32. The average molecular weight is 305 g/mol. The van der Waals surface area contributed by atoms with Gasteiger partial charge in [-0.2, -0.15) is 0 Å². The molecule has 2 heterocycles. The molecule has 0 radical (unpaired) electrons. The number of hydrogen-bond acceptors (Lipinski definition) is 2. The molecule has 1 aliphatic rings. The normalized spacial score (nSPS) is 14.4. The van der Waals surface area contributed by atoms with E-state index in [2.05, 4.69) is 16.1 Å². The molecule has 0 amide bonds. The first-order valence-corrected chi connectivity index (χ1v) is 7.44. The molecule has 0 spiro atoms. The first-order valence-electron chi connectivity index (χ1n) is 7.44. The number of allylic oxidation sites excluding steroid dienone is 1.